The SMILES string of the molecule is COc1cc(OC)c2c(C)nc(C)cc2c1-c1c(C)cc(OC)c2c(OC)cccc12. The molecule has 0 fully saturated rings. The minimum atomic E-state index is 0.742. The first-order valence-corrected chi connectivity index (χ1v) is 10.1. The molecule has 5 nitrogen and oxygen atoms in total. The van der Waals surface area contributed by atoms with Gasteiger partial charge in [-0.15, -0.1) is 0 Å². The van der Waals surface area contributed by atoms with Crippen LogP contribution >= 0.6 is 0 Å². The van der Waals surface area contributed by atoms with Gasteiger partial charge < -0.3 is 18.9 Å². The molecule has 0 aliphatic heterocycles. The summed E-state index contributed by atoms with van der Waals surface area (Å²) in [5.74, 6) is 3.03. The second kappa shape index (κ2) is 7.99. The van der Waals surface area contributed by atoms with Crippen LogP contribution in [0.2, 0.25) is 0 Å². The molecule has 1 heterocycles. The van der Waals surface area contributed by atoms with E-state index in [0.29, 0.717) is 0 Å². The van der Waals surface area contributed by atoms with Gasteiger partial charge in [0.15, 0.2) is 0 Å². The highest BCUT2D eigenvalue weighted by atomic mass is 16.5. The minimum Gasteiger partial charge on any atom is -0.496 e. The van der Waals surface area contributed by atoms with E-state index in [4.69, 9.17) is 18.9 Å². The van der Waals surface area contributed by atoms with Crippen LogP contribution in [0, 0.1) is 20.8 Å². The molecule has 0 unspecified atom stereocenters. The van der Waals surface area contributed by atoms with Crippen LogP contribution in [0.3, 0.4) is 0 Å². The number of methoxy groups -OCH3 is 4. The second-order valence-corrected chi connectivity index (χ2v) is 7.58. The lowest BCUT2D eigenvalue weighted by molar-refractivity contribution is 0.398. The van der Waals surface area contributed by atoms with Gasteiger partial charge in [0.2, 0.25) is 0 Å². The average molecular weight is 418 g/mol. The Morgan fingerprint density at radius 1 is 0.613 bits per heavy atom. The van der Waals surface area contributed by atoms with Gasteiger partial charge in [-0.25, -0.2) is 0 Å². The number of aromatic nitrogens is 1. The quantitative estimate of drug-likeness (QED) is 0.398. The lowest BCUT2D eigenvalue weighted by atomic mass is 9.88. The molecule has 0 aliphatic rings. The Morgan fingerprint density at radius 2 is 1.26 bits per heavy atom. The average Bonchev–Trinajstić information content (AvgIpc) is 2.77. The van der Waals surface area contributed by atoms with Gasteiger partial charge in [-0.2, -0.15) is 0 Å². The molecular weight excluding hydrogens is 390 g/mol. The van der Waals surface area contributed by atoms with E-state index in [-0.39, 0.29) is 0 Å². The number of hydrogen-bond donors (Lipinski definition) is 0. The first-order chi connectivity index (χ1) is 14.9. The first kappa shape index (κ1) is 20.8. The smallest absolute Gasteiger partial charge is 0.132 e. The Balaban J connectivity index is 2.27. The Bertz CT molecular complexity index is 1310. The van der Waals surface area contributed by atoms with E-state index in [1.54, 1.807) is 28.4 Å². The van der Waals surface area contributed by atoms with Gasteiger partial charge in [-0.05, 0) is 55.5 Å². The molecule has 160 valence electrons. The molecule has 1 aromatic heterocycles. The summed E-state index contributed by atoms with van der Waals surface area (Å²) in [4.78, 5) is 4.68. The maximum absolute atomic E-state index is 5.88. The van der Waals surface area contributed by atoms with Crippen molar-refractivity contribution in [2.75, 3.05) is 28.4 Å². The maximum atomic E-state index is 5.88. The fourth-order valence-corrected chi connectivity index (χ4v) is 4.52. The third-order valence-electron chi connectivity index (χ3n) is 5.77. The van der Waals surface area contributed by atoms with E-state index < -0.39 is 0 Å². The van der Waals surface area contributed by atoms with Gasteiger partial charge in [0.25, 0.3) is 0 Å². The number of benzene rings is 3. The fourth-order valence-electron chi connectivity index (χ4n) is 4.52. The van der Waals surface area contributed by atoms with Crippen molar-refractivity contribution in [1.82, 2.24) is 4.98 Å². The van der Waals surface area contributed by atoms with Crippen LogP contribution in [0.25, 0.3) is 32.7 Å². The Hall–Kier alpha value is -3.47. The highest BCUT2D eigenvalue weighted by Gasteiger charge is 2.23. The summed E-state index contributed by atoms with van der Waals surface area (Å²) in [5, 5.41) is 3.99. The molecular formula is C26H27NO4. The molecule has 0 saturated heterocycles. The van der Waals surface area contributed by atoms with Crippen molar-refractivity contribution in [1.29, 1.82) is 0 Å². The van der Waals surface area contributed by atoms with Crippen molar-refractivity contribution in [3.8, 4) is 34.1 Å². The van der Waals surface area contributed by atoms with Crippen molar-refractivity contribution in [3.05, 3.63) is 53.3 Å². The number of nitrogens with zero attached hydrogens (tertiary/aromatic N) is 1. The zero-order valence-electron chi connectivity index (χ0n) is 19.0. The van der Waals surface area contributed by atoms with E-state index in [1.807, 2.05) is 32.0 Å². The molecule has 4 aromatic rings. The van der Waals surface area contributed by atoms with E-state index in [0.717, 1.165) is 72.6 Å². The van der Waals surface area contributed by atoms with Gasteiger partial charge in [-0.1, -0.05) is 12.1 Å². The molecule has 4 rings (SSSR count). The number of hydrogen-bond acceptors (Lipinski definition) is 5. The summed E-state index contributed by atoms with van der Waals surface area (Å²) in [6.45, 7) is 6.10. The number of fused-ring (bicyclic) bond motifs is 2. The highest BCUT2D eigenvalue weighted by molar-refractivity contribution is 6.13. The normalized spacial score (nSPS) is 11.1. The minimum absolute atomic E-state index is 0.742. The summed E-state index contributed by atoms with van der Waals surface area (Å²) in [6, 6.07) is 12.1. The van der Waals surface area contributed by atoms with Crippen molar-refractivity contribution in [3.63, 3.8) is 0 Å². The molecule has 0 atom stereocenters. The van der Waals surface area contributed by atoms with Gasteiger partial charge >= 0.3 is 0 Å². The molecule has 0 spiro atoms. The Labute approximate surface area is 182 Å². The molecule has 5 heteroatoms. The number of rotatable bonds is 5. The molecule has 0 aliphatic carbocycles. The number of pyridine rings is 1. The number of aryl methyl sites for hydroxylation is 3. The predicted octanol–water partition coefficient (Wildman–Crippen LogP) is 6.01. The molecule has 0 amide bonds. The Morgan fingerprint density at radius 3 is 1.90 bits per heavy atom. The zero-order chi connectivity index (χ0) is 22.3. The van der Waals surface area contributed by atoms with Crippen molar-refractivity contribution in [2.24, 2.45) is 0 Å². The van der Waals surface area contributed by atoms with Crippen molar-refractivity contribution >= 4 is 21.5 Å². The Kier molecular flexibility index (Phi) is 5.36. The summed E-state index contributed by atoms with van der Waals surface area (Å²) < 4.78 is 23.0. The van der Waals surface area contributed by atoms with Crippen LogP contribution in [0.1, 0.15) is 17.0 Å². The lowest BCUT2D eigenvalue weighted by Gasteiger charge is -2.21. The summed E-state index contributed by atoms with van der Waals surface area (Å²) >= 11 is 0. The van der Waals surface area contributed by atoms with E-state index in [9.17, 15) is 0 Å². The number of ether oxygens (including phenoxy) is 4. The topological polar surface area (TPSA) is 49.8 Å². The molecule has 31 heavy (non-hydrogen) atoms. The maximum Gasteiger partial charge on any atom is 0.132 e. The summed E-state index contributed by atoms with van der Waals surface area (Å²) in [5.41, 5.74) is 5.02. The lowest BCUT2D eigenvalue weighted by Crippen LogP contribution is -2.00. The monoisotopic (exact) mass is 417 g/mol. The van der Waals surface area contributed by atoms with Crippen molar-refractivity contribution < 1.29 is 18.9 Å². The van der Waals surface area contributed by atoms with Crippen LogP contribution in [0.15, 0.2) is 36.4 Å². The van der Waals surface area contributed by atoms with Gasteiger partial charge in [0.05, 0.1) is 33.8 Å². The van der Waals surface area contributed by atoms with E-state index >= 15 is 0 Å². The van der Waals surface area contributed by atoms with E-state index in [2.05, 4.69) is 30.1 Å². The van der Waals surface area contributed by atoms with E-state index in [1.165, 1.54) is 0 Å². The third-order valence-corrected chi connectivity index (χ3v) is 5.77. The first-order valence-electron chi connectivity index (χ1n) is 10.1. The second-order valence-electron chi connectivity index (χ2n) is 7.58. The summed E-state index contributed by atoms with van der Waals surface area (Å²) in [7, 11) is 6.72. The fraction of sp³-hybridized carbons (Fsp3) is 0.269. The summed E-state index contributed by atoms with van der Waals surface area (Å²) in [6.07, 6.45) is 0. The molecule has 0 radical (unpaired) electrons. The van der Waals surface area contributed by atoms with Gasteiger partial charge in [0.1, 0.15) is 23.0 Å². The molecule has 0 bridgehead atoms. The third kappa shape index (κ3) is 3.21. The zero-order valence-corrected chi connectivity index (χ0v) is 19.0. The van der Waals surface area contributed by atoms with Crippen LogP contribution in [-0.2, 0) is 0 Å². The predicted molar refractivity (Wildman–Crippen MR) is 125 cm³/mol. The van der Waals surface area contributed by atoms with Crippen LogP contribution < -0.4 is 18.9 Å². The molecule has 0 N–H and O–H groups in total. The standard InChI is InChI=1S/C26H27NO4/c1-14-11-20(29-5)25-17(9-8-10-19(25)28-4)23(14)26-18-12-15(2)27-16(3)24(18)21(30-6)13-22(26)31-7/h8-13H,1-7H3. The highest BCUT2D eigenvalue weighted by Crippen LogP contribution is 2.49. The van der Waals surface area contributed by atoms with Crippen molar-refractivity contribution in [2.45, 2.75) is 20.8 Å². The van der Waals surface area contributed by atoms with Gasteiger partial charge in [0, 0.05) is 33.8 Å². The van der Waals surface area contributed by atoms with Crippen LogP contribution in [0.5, 0.6) is 23.0 Å². The molecule has 3 aromatic carbocycles. The van der Waals surface area contributed by atoms with Gasteiger partial charge in [-0.3, -0.25) is 4.98 Å². The molecule has 0 saturated carbocycles. The largest absolute Gasteiger partial charge is 0.496 e. The van der Waals surface area contributed by atoms with Crippen LogP contribution in [-0.4, -0.2) is 33.4 Å². The van der Waals surface area contributed by atoms with Crippen LogP contribution in [0.4, 0.5) is 0 Å².